The Morgan fingerprint density at radius 1 is 0.950 bits per heavy atom. The Kier molecular flexibility index (Phi) is 11.8. The number of carbonyl (C=O) groups is 3. The molecule has 2 aromatic carbocycles. The van der Waals surface area contributed by atoms with Crippen molar-refractivity contribution in [1.29, 1.82) is 0 Å². The van der Waals surface area contributed by atoms with Crippen molar-refractivity contribution in [3.05, 3.63) is 70.8 Å². The minimum atomic E-state index is -0.945. The highest BCUT2D eigenvalue weighted by atomic mass is 16.6. The number of hydrogen-bond donors (Lipinski definition) is 2. The topological polar surface area (TPSA) is 87.7 Å². The molecule has 0 saturated carbocycles. The third-order valence-corrected chi connectivity index (χ3v) is 7.08. The number of hydrogen-bond acceptors (Lipinski definition) is 4. The molecule has 0 fully saturated rings. The van der Waals surface area contributed by atoms with Crippen LogP contribution >= 0.6 is 0 Å². The Balaban J connectivity index is 2.66. The van der Waals surface area contributed by atoms with E-state index in [1.54, 1.807) is 25.7 Å². The molecule has 2 rings (SSSR count). The molecule has 7 heteroatoms. The Hall–Kier alpha value is -3.35. The summed E-state index contributed by atoms with van der Waals surface area (Å²) < 4.78 is 5.54. The fourth-order valence-electron chi connectivity index (χ4n) is 4.63. The number of nitrogens with zero attached hydrogens (tertiary/aromatic N) is 1. The lowest BCUT2D eigenvalue weighted by Gasteiger charge is -2.45. The van der Waals surface area contributed by atoms with Gasteiger partial charge in [0.15, 0.2) is 0 Å². The Morgan fingerprint density at radius 3 is 2.15 bits per heavy atom. The molecule has 0 aliphatic rings. The number of carbonyl (C=O) groups excluding carboxylic acids is 3. The van der Waals surface area contributed by atoms with Crippen LogP contribution in [0.25, 0.3) is 0 Å². The van der Waals surface area contributed by atoms with Crippen LogP contribution in [-0.4, -0.2) is 46.5 Å². The van der Waals surface area contributed by atoms with Crippen molar-refractivity contribution in [2.24, 2.45) is 0 Å². The molecular formula is C33H49N3O4. The summed E-state index contributed by atoms with van der Waals surface area (Å²) >= 11 is 0. The van der Waals surface area contributed by atoms with E-state index in [0.29, 0.717) is 13.0 Å². The van der Waals surface area contributed by atoms with Crippen molar-refractivity contribution in [3.8, 4) is 0 Å². The van der Waals surface area contributed by atoms with E-state index in [1.807, 2.05) is 83.1 Å². The van der Waals surface area contributed by atoms with E-state index in [-0.39, 0.29) is 18.2 Å². The van der Waals surface area contributed by atoms with Crippen LogP contribution in [0.5, 0.6) is 0 Å². The van der Waals surface area contributed by atoms with Gasteiger partial charge >= 0.3 is 6.09 Å². The van der Waals surface area contributed by atoms with Gasteiger partial charge in [0.25, 0.3) is 0 Å². The average molecular weight is 552 g/mol. The largest absolute Gasteiger partial charge is 0.444 e. The normalized spacial score (nSPS) is 13.2. The number of ether oxygens (including phenoxy) is 1. The molecule has 220 valence electrons. The highest BCUT2D eigenvalue weighted by molar-refractivity contribution is 5.93. The van der Waals surface area contributed by atoms with Gasteiger partial charge in [0, 0.05) is 18.5 Å². The van der Waals surface area contributed by atoms with Crippen molar-refractivity contribution in [3.63, 3.8) is 0 Å². The SMILES string of the molecule is CCCCNC(=O)C(c1ccc(C)cc1C)N(C(=O)C(Cc1ccccc1)NC(=O)OC(C)(C)C)C(C)(C)CC. The lowest BCUT2D eigenvalue weighted by atomic mass is 9.89. The van der Waals surface area contributed by atoms with Crippen LogP contribution in [0.2, 0.25) is 0 Å². The highest BCUT2D eigenvalue weighted by Crippen LogP contribution is 2.34. The van der Waals surface area contributed by atoms with Crippen LogP contribution in [-0.2, 0) is 20.7 Å². The molecule has 0 bridgehead atoms. The van der Waals surface area contributed by atoms with Gasteiger partial charge in [0.2, 0.25) is 11.8 Å². The third-order valence-electron chi connectivity index (χ3n) is 7.08. The number of benzene rings is 2. The summed E-state index contributed by atoms with van der Waals surface area (Å²) in [4.78, 5) is 43.2. The summed E-state index contributed by atoms with van der Waals surface area (Å²) in [6.07, 6.45) is 1.97. The summed E-state index contributed by atoms with van der Waals surface area (Å²) in [6.45, 7) is 17.8. The zero-order valence-electron chi connectivity index (χ0n) is 25.9. The maximum atomic E-state index is 14.7. The second-order valence-electron chi connectivity index (χ2n) is 12.2. The molecule has 0 radical (unpaired) electrons. The second kappa shape index (κ2) is 14.3. The van der Waals surface area contributed by atoms with E-state index in [2.05, 4.69) is 17.6 Å². The monoisotopic (exact) mass is 551 g/mol. The van der Waals surface area contributed by atoms with Gasteiger partial charge in [-0.1, -0.05) is 74.4 Å². The Bertz CT molecular complexity index is 1140. The number of rotatable bonds is 12. The molecule has 0 heterocycles. The van der Waals surface area contributed by atoms with Crippen LogP contribution in [0.1, 0.15) is 96.0 Å². The number of alkyl carbamates (subject to hydrolysis) is 1. The van der Waals surface area contributed by atoms with Crippen LogP contribution in [0, 0.1) is 13.8 Å². The number of aryl methyl sites for hydroxylation is 2. The molecule has 0 aliphatic carbocycles. The van der Waals surface area contributed by atoms with E-state index < -0.39 is 29.3 Å². The van der Waals surface area contributed by atoms with E-state index in [0.717, 1.165) is 35.1 Å². The van der Waals surface area contributed by atoms with Crippen molar-refractivity contribution in [1.82, 2.24) is 15.5 Å². The maximum Gasteiger partial charge on any atom is 0.408 e. The summed E-state index contributed by atoms with van der Waals surface area (Å²) in [7, 11) is 0. The molecule has 40 heavy (non-hydrogen) atoms. The summed E-state index contributed by atoms with van der Waals surface area (Å²) in [5, 5.41) is 5.91. The number of unbranched alkanes of at least 4 members (excludes halogenated alkanes) is 1. The molecule has 2 atom stereocenters. The number of amides is 3. The minimum Gasteiger partial charge on any atom is -0.444 e. The molecule has 2 N–H and O–H groups in total. The summed E-state index contributed by atoms with van der Waals surface area (Å²) in [6, 6.07) is 13.7. The standard InChI is InChI=1S/C33H49N3O4/c1-10-12-20-34-29(37)28(26-19-18-23(3)21-24(26)4)36(33(8,9)11-2)30(38)27(22-25-16-14-13-15-17-25)35-31(39)40-32(5,6)7/h13-19,21,27-28H,10-12,20,22H2,1-9H3,(H,34,37)(H,35,39). The zero-order chi connectivity index (χ0) is 30.1. The molecule has 0 saturated heterocycles. The summed E-state index contributed by atoms with van der Waals surface area (Å²) in [5.41, 5.74) is 2.23. The first-order valence-electron chi connectivity index (χ1n) is 14.4. The van der Waals surface area contributed by atoms with Gasteiger partial charge in [0.1, 0.15) is 17.7 Å². The van der Waals surface area contributed by atoms with E-state index in [4.69, 9.17) is 4.74 Å². The molecule has 0 aromatic heterocycles. The number of nitrogens with one attached hydrogen (secondary N) is 2. The zero-order valence-corrected chi connectivity index (χ0v) is 25.9. The van der Waals surface area contributed by atoms with Gasteiger partial charge < -0.3 is 20.3 Å². The van der Waals surface area contributed by atoms with Crippen LogP contribution in [0.15, 0.2) is 48.5 Å². The fraction of sp³-hybridized carbons (Fsp3) is 0.545. The highest BCUT2D eigenvalue weighted by Gasteiger charge is 2.43. The van der Waals surface area contributed by atoms with Gasteiger partial charge in [-0.25, -0.2) is 4.79 Å². The van der Waals surface area contributed by atoms with Crippen molar-refractivity contribution in [2.75, 3.05) is 6.54 Å². The van der Waals surface area contributed by atoms with Gasteiger partial charge in [-0.3, -0.25) is 9.59 Å². The molecule has 0 spiro atoms. The van der Waals surface area contributed by atoms with Gasteiger partial charge in [-0.05, 0) is 78.0 Å². The molecular weight excluding hydrogens is 502 g/mol. The van der Waals surface area contributed by atoms with Crippen molar-refractivity contribution >= 4 is 17.9 Å². The first-order valence-corrected chi connectivity index (χ1v) is 14.4. The molecule has 2 aromatic rings. The van der Waals surface area contributed by atoms with E-state index >= 15 is 0 Å². The van der Waals surface area contributed by atoms with Crippen molar-refractivity contribution < 1.29 is 19.1 Å². The second-order valence-corrected chi connectivity index (χ2v) is 12.2. The first kappa shape index (κ1) is 32.9. The van der Waals surface area contributed by atoms with Crippen LogP contribution in [0.4, 0.5) is 4.79 Å². The molecule has 7 nitrogen and oxygen atoms in total. The fourth-order valence-corrected chi connectivity index (χ4v) is 4.63. The van der Waals surface area contributed by atoms with Crippen LogP contribution < -0.4 is 10.6 Å². The van der Waals surface area contributed by atoms with Crippen LogP contribution in [0.3, 0.4) is 0 Å². The predicted octanol–water partition coefficient (Wildman–Crippen LogP) is 6.41. The molecule has 0 aliphatic heterocycles. The Morgan fingerprint density at radius 2 is 1.60 bits per heavy atom. The molecule has 3 amide bonds. The van der Waals surface area contributed by atoms with E-state index in [9.17, 15) is 14.4 Å². The molecule has 2 unspecified atom stereocenters. The van der Waals surface area contributed by atoms with Crippen molar-refractivity contribution in [2.45, 2.75) is 111 Å². The average Bonchev–Trinajstić information content (AvgIpc) is 2.86. The maximum absolute atomic E-state index is 14.7. The lowest BCUT2D eigenvalue weighted by Crippen LogP contribution is -2.60. The first-order chi connectivity index (χ1) is 18.7. The van der Waals surface area contributed by atoms with Gasteiger partial charge in [-0.15, -0.1) is 0 Å². The van der Waals surface area contributed by atoms with E-state index in [1.165, 1.54) is 0 Å². The van der Waals surface area contributed by atoms with Gasteiger partial charge in [0.05, 0.1) is 0 Å². The minimum absolute atomic E-state index is 0.231. The third kappa shape index (κ3) is 9.39. The van der Waals surface area contributed by atoms with Gasteiger partial charge in [-0.2, -0.15) is 0 Å². The smallest absolute Gasteiger partial charge is 0.408 e. The summed E-state index contributed by atoms with van der Waals surface area (Å²) in [5.74, 6) is -0.566. The quantitative estimate of drug-likeness (QED) is 0.298. The predicted molar refractivity (Wildman–Crippen MR) is 161 cm³/mol. The lowest BCUT2D eigenvalue weighted by molar-refractivity contribution is -0.149. The Labute approximate surface area is 241 Å².